The van der Waals surface area contributed by atoms with Crippen LogP contribution in [-0.4, -0.2) is 22.4 Å². The number of Topliss-reactive ketones (excluding diaryl/α,β-unsaturated/α-hetero) is 1. The lowest BCUT2D eigenvalue weighted by molar-refractivity contribution is -0.119. The highest BCUT2D eigenvalue weighted by Crippen LogP contribution is 2.43. The van der Waals surface area contributed by atoms with Gasteiger partial charge in [-0.1, -0.05) is 30.3 Å². The molecule has 0 bridgehead atoms. The van der Waals surface area contributed by atoms with Gasteiger partial charge in [-0.25, -0.2) is 4.98 Å². The van der Waals surface area contributed by atoms with Gasteiger partial charge in [-0.05, 0) is 53.4 Å². The van der Waals surface area contributed by atoms with Gasteiger partial charge in [-0.2, -0.15) is 0 Å². The number of nitrogens with zero attached hydrogens (tertiary/aromatic N) is 2. The Labute approximate surface area is 172 Å². The van der Waals surface area contributed by atoms with Crippen molar-refractivity contribution in [2.45, 2.75) is 32.1 Å². The number of amides is 1. The van der Waals surface area contributed by atoms with Crippen LogP contribution in [0, 0.1) is 5.92 Å². The number of carbonyl (C=O) groups is 2. The number of rotatable bonds is 3. The van der Waals surface area contributed by atoms with Crippen LogP contribution in [0.5, 0.6) is 0 Å². The zero-order valence-corrected chi connectivity index (χ0v) is 17.1. The van der Waals surface area contributed by atoms with Crippen LogP contribution in [0.1, 0.15) is 37.7 Å². The van der Waals surface area contributed by atoms with Gasteiger partial charge in [0.2, 0.25) is 5.91 Å². The van der Waals surface area contributed by atoms with E-state index >= 15 is 0 Å². The maximum absolute atomic E-state index is 13.3. The second kappa shape index (κ2) is 7.80. The van der Waals surface area contributed by atoms with Crippen LogP contribution in [0.4, 0.5) is 5.82 Å². The quantitative estimate of drug-likeness (QED) is 0.758. The molecule has 142 valence electrons. The number of aromatic nitrogens is 1. The normalized spacial score (nSPS) is 21.8. The minimum atomic E-state index is -0.548. The predicted octanol–water partition coefficient (Wildman–Crippen LogP) is 4.66. The molecule has 1 amide bonds. The van der Waals surface area contributed by atoms with Gasteiger partial charge in [0.15, 0.2) is 5.78 Å². The lowest BCUT2D eigenvalue weighted by Gasteiger charge is -2.34. The second-order valence-electron chi connectivity index (χ2n) is 7.11. The average molecular weight is 438 g/mol. The number of carbonyl (C=O) groups excluding carboxylic acids is 2. The Bertz CT molecular complexity index is 981. The van der Waals surface area contributed by atoms with Gasteiger partial charge in [0.1, 0.15) is 5.82 Å². The first-order chi connectivity index (χ1) is 13.5. The minimum Gasteiger partial charge on any atom is -0.310 e. The van der Waals surface area contributed by atoms with Gasteiger partial charge in [-0.15, -0.1) is 0 Å². The summed E-state index contributed by atoms with van der Waals surface area (Å²) in [4.78, 5) is 35.0. The van der Waals surface area contributed by atoms with E-state index in [1.807, 2.05) is 43.3 Å². The summed E-state index contributed by atoms with van der Waals surface area (Å²) in [6.45, 7) is 1.87. The molecule has 4 rings (SSSR count). The van der Waals surface area contributed by atoms with Crippen LogP contribution in [-0.2, 0) is 9.59 Å². The summed E-state index contributed by atoms with van der Waals surface area (Å²) in [6, 6.07) is 13.3. The molecule has 1 aliphatic heterocycles. The maximum atomic E-state index is 13.3. The number of ketones is 1. The Morgan fingerprint density at radius 1 is 1.14 bits per heavy atom. The largest absolute Gasteiger partial charge is 0.310 e. The first-order valence-corrected chi connectivity index (χ1v) is 10.1. The van der Waals surface area contributed by atoms with Gasteiger partial charge in [0.25, 0.3) is 0 Å². The Morgan fingerprint density at radius 3 is 2.64 bits per heavy atom. The molecule has 0 fully saturated rings. The Morgan fingerprint density at radius 2 is 1.93 bits per heavy atom. The summed E-state index contributed by atoms with van der Waals surface area (Å²) in [5, 5.41) is 2.89. The van der Waals surface area contributed by atoms with Crippen molar-refractivity contribution in [3.8, 4) is 0 Å². The number of benzene rings is 1. The monoisotopic (exact) mass is 437 g/mol. The van der Waals surface area contributed by atoms with Gasteiger partial charge >= 0.3 is 0 Å². The van der Waals surface area contributed by atoms with Crippen molar-refractivity contribution in [2.75, 3.05) is 5.32 Å². The molecule has 1 aliphatic carbocycles. The van der Waals surface area contributed by atoms with E-state index in [4.69, 9.17) is 0 Å². The fraction of sp³-hybridized carbons (Fsp3) is 0.273. The van der Waals surface area contributed by atoms with Crippen molar-refractivity contribution in [1.82, 2.24) is 4.98 Å². The Kier molecular flexibility index (Phi) is 5.22. The highest BCUT2D eigenvalue weighted by Gasteiger charge is 2.42. The van der Waals surface area contributed by atoms with E-state index in [0.717, 1.165) is 34.3 Å². The number of hydrogen-bond acceptors (Lipinski definition) is 4. The van der Waals surface area contributed by atoms with Crippen LogP contribution >= 0.6 is 15.9 Å². The first kappa shape index (κ1) is 18.7. The molecule has 6 heteroatoms. The fourth-order valence-corrected chi connectivity index (χ4v) is 4.25. The molecule has 2 aromatic rings. The maximum Gasteiger partial charge on any atom is 0.235 e. The lowest BCUT2D eigenvalue weighted by atomic mass is 9.71. The number of hydrogen-bond donors (Lipinski definition) is 1. The third-order valence-corrected chi connectivity index (χ3v) is 5.72. The van der Waals surface area contributed by atoms with Crippen molar-refractivity contribution < 1.29 is 9.59 Å². The van der Waals surface area contributed by atoms with Gasteiger partial charge < -0.3 is 5.32 Å². The SMILES string of the molecule is CC1=NC2=C(C(=O)CCC2)[C@@H](c2ccccc2)C1C(=O)Nc1ccc(Br)cn1. The van der Waals surface area contributed by atoms with Crippen molar-refractivity contribution in [3.05, 3.63) is 70.0 Å². The molecular formula is C22H20BrN3O2. The summed E-state index contributed by atoms with van der Waals surface area (Å²) in [5.41, 5.74) is 3.24. The molecule has 0 spiro atoms. The van der Waals surface area contributed by atoms with Crippen molar-refractivity contribution in [3.63, 3.8) is 0 Å². The zero-order valence-electron chi connectivity index (χ0n) is 15.5. The number of anilines is 1. The molecule has 1 aromatic heterocycles. The summed E-state index contributed by atoms with van der Waals surface area (Å²) < 4.78 is 0.839. The van der Waals surface area contributed by atoms with E-state index in [9.17, 15) is 9.59 Å². The molecule has 2 heterocycles. The zero-order chi connectivity index (χ0) is 19.7. The third-order valence-electron chi connectivity index (χ3n) is 5.25. The molecule has 0 saturated carbocycles. The van der Waals surface area contributed by atoms with Crippen LogP contribution < -0.4 is 5.32 Å². The molecule has 1 N–H and O–H groups in total. The Balaban J connectivity index is 1.75. The van der Waals surface area contributed by atoms with Crippen molar-refractivity contribution in [1.29, 1.82) is 0 Å². The number of aliphatic imine (C=N–C) groups is 1. The minimum absolute atomic E-state index is 0.103. The van der Waals surface area contributed by atoms with E-state index in [2.05, 4.69) is 31.2 Å². The predicted molar refractivity (Wildman–Crippen MR) is 112 cm³/mol. The molecule has 0 saturated heterocycles. The van der Waals surface area contributed by atoms with Gasteiger partial charge in [0.05, 0.1) is 5.92 Å². The molecule has 28 heavy (non-hydrogen) atoms. The number of pyridine rings is 1. The number of allylic oxidation sites excluding steroid dienone is 2. The molecule has 0 radical (unpaired) electrons. The fourth-order valence-electron chi connectivity index (χ4n) is 4.02. The summed E-state index contributed by atoms with van der Waals surface area (Å²) >= 11 is 3.34. The first-order valence-electron chi connectivity index (χ1n) is 9.33. The molecule has 2 atom stereocenters. The average Bonchev–Trinajstić information content (AvgIpc) is 2.69. The smallest absolute Gasteiger partial charge is 0.235 e. The van der Waals surface area contributed by atoms with Gasteiger partial charge in [0, 0.05) is 40.0 Å². The number of halogens is 1. The highest BCUT2D eigenvalue weighted by atomic mass is 79.9. The molecule has 2 aliphatic rings. The van der Waals surface area contributed by atoms with Crippen LogP contribution in [0.2, 0.25) is 0 Å². The summed E-state index contributed by atoms with van der Waals surface area (Å²) in [5.74, 6) is -0.492. The number of nitrogens with one attached hydrogen (secondary N) is 1. The van der Waals surface area contributed by atoms with E-state index < -0.39 is 5.92 Å². The standard InChI is InChI=1S/C22H20BrN3O2/c1-13-19(22(28)26-18-11-10-15(23)12-24-18)20(14-6-3-2-4-7-14)21-16(25-13)8-5-9-17(21)27/h2-4,6-7,10-12,19-20H,5,8-9H2,1H3,(H,24,26,28)/t19?,20-/m0/s1. The van der Waals surface area contributed by atoms with Gasteiger partial charge in [-0.3, -0.25) is 14.6 Å². The van der Waals surface area contributed by atoms with Crippen LogP contribution in [0.3, 0.4) is 0 Å². The van der Waals surface area contributed by atoms with E-state index in [1.165, 1.54) is 0 Å². The van der Waals surface area contributed by atoms with E-state index in [-0.39, 0.29) is 17.6 Å². The highest BCUT2D eigenvalue weighted by molar-refractivity contribution is 9.10. The van der Waals surface area contributed by atoms with E-state index in [0.29, 0.717) is 17.8 Å². The summed E-state index contributed by atoms with van der Waals surface area (Å²) in [6.07, 6.45) is 3.75. The summed E-state index contributed by atoms with van der Waals surface area (Å²) in [7, 11) is 0. The molecule has 1 unspecified atom stereocenters. The Hall–Kier alpha value is -2.60. The van der Waals surface area contributed by atoms with Crippen molar-refractivity contribution in [2.24, 2.45) is 10.9 Å². The molecule has 1 aromatic carbocycles. The molecular weight excluding hydrogens is 418 g/mol. The lowest BCUT2D eigenvalue weighted by Crippen LogP contribution is -2.39. The topological polar surface area (TPSA) is 71.4 Å². The van der Waals surface area contributed by atoms with Crippen LogP contribution in [0.15, 0.2) is 69.4 Å². The van der Waals surface area contributed by atoms with Crippen LogP contribution in [0.25, 0.3) is 0 Å². The third kappa shape index (κ3) is 3.56. The van der Waals surface area contributed by atoms with E-state index in [1.54, 1.807) is 12.3 Å². The second-order valence-corrected chi connectivity index (χ2v) is 8.02. The molecule has 5 nitrogen and oxygen atoms in total. The van der Waals surface area contributed by atoms with Crippen molar-refractivity contribution >= 4 is 39.1 Å².